The van der Waals surface area contributed by atoms with Gasteiger partial charge in [-0.1, -0.05) is 13.8 Å². The van der Waals surface area contributed by atoms with Crippen LogP contribution in [0.2, 0.25) is 0 Å². The number of halogens is 1. The lowest BCUT2D eigenvalue weighted by Crippen LogP contribution is -2.42. The van der Waals surface area contributed by atoms with E-state index in [-0.39, 0.29) is 12.5 Å². The Kier molecular flexibility index (Phi) is 6.00. The number of thiophene rings is 1. The first kappa shape index (κ1) is 16.2. The average molecular weight is 348 g/mol. The minimum atomic E-state index is -0.855. The van der Waals surface area contributed by atoms with Gasteiger partial charge in [-0.25, -0.2) is 0 Å². The van der Waals surface area contributed by atoms with Crippen LogP contribution >= 0.6 is 27.3 Å². The van der Waals surface area contributed by atoms with Gasteiger partial charge in [0.15, 0.2) is 0 Å². The summed E-state index contributed by atoms with van der Waals surface area (Å²) in [7, 11) is 0. The summed E-state index contributed by atoms with van der Waals surface area (Å²) >= 11 is 4.85. The van der Waals surface area contributed by atoms with Gasteiger partial charge in [0.1, 0.15) is 0 Å². The predicted molar refractivity (Wildman–Crippen MR) is 79.4 cm³/mol. The van der Waals surface area contributed by atoms with E-state index >= 15 is 0 Å². The lowest BCUT2D eigenvalue weighted by molar-refractivity contribution is -0.149. The van der Waals surface area contributed by atoms with Crippen LogP contribution in [-0.2, 0) is 16.0 Å². The summed E-state index contributed by atoms with van der Waals surface area (Å²) in [6.45, 7) is 3.85. The zero-order valence-electron chi connectivity index (χ0n) is 11.0. The Hall–Kier alpha value is -0.880. The largest absolute Gasteiger partial charge is 0.481 e. The van der Waals surface area contributed by atoms with Crippen LogP contribution < -0.4 is 5.32 Å². The molecule has 0 bridgehead atoms. The summed E-state index contributed by atoms with van der Waals surface area (Å²) < 4.78 is 0.984. The molecule has 0 atom stereocenters. The van der Waals surface area contributed by atoms with Gasteiger partial charge < -0.3 is 10.4 Å². The number of aliphatic carboxylic acids is 1. The molecule has 1 heterocycles. The van der Waals surface area contributed by atoms with Crippen LogP contribution in [0, 0.1) is 5.41 Å². The molecule has 0 aliphatic heterocycles. The minimum Gasteiger partial charge on any atom is -0.481 e. The number of nitrogens with one attached hydrogen (secondary N) is 1. The summed E-state index contributed by atoms with van der Waals surface area (Å²) in [4.78, 5) is 24.1. The van der Waals surface area contributed by atoms with E-state index in [9.17, 15) is 14.7 Å². The molecule has 4 nitrogen and oxygen atoms in total. The molecule has 1 aromatic heterocycles. The molecule has 19 heavy (non-hydrogen) atoms. The fourth-order valence-corrected chi connectivity index (χ4v) is 3.30. The highest BCUT2D eigenvalue weighted by Crippen LogP contribution is 2.26. The highest BCUT2D eigenvalue weighted by Gasteiger charge is 2.35. The summed E-state index contributed by atoms with van der Waals surface area (Å²) in [6, 6.07) is 3.78. The molecule has 0 aliphatic carbocycles. The first-order valence-electron chi connectivity index (χ1n) is 6.18. The van der Waals surface area contributed by atoms with Gasteiger partial charge in [-0.15, -0.1) is 11.3 Å². The molecule has 1 amide bonds. The van der Waals surface area contributed by atoms with Crippen LogP contribution in [0.25, 0.3) is 0 Å². The smallest absolute Gasteiger partial charge is 0.311 e. The number of hydrogen-bond acceptors (Lipinski definition) is 3. The van der Waals surface area contributed by atoms with Crippen LogP contribution in [-0.4, -0.2) is 23.5 Å². The Bertz CT molecular complexity index is 454. The Balaban J connectivity index is 2.55. The number of hydrogen-bond donors (Lipinski definition) is 2. The van der Waals surface area contributed by atoms with Crippen LogP contribution in [0.4, 0.5) is 0 Å². The van der Waals surface area contributed by atoms with Crippen LogP contribution in [0.3, 0.4) is 0 Å². The van der Waals surface area contributed by atoms with Gasteiger partial charge in [0, 0.05) is 11.4 Å². The molecule has 0 unspecified atom stereocenters. The number of carboxylic acids is 1. The standard InChI is InChI=1S/C13H18BrNO3S/c1-3-13(4-2,12(17)18)8-15-11(16)7-9-5-6-10(14)19-9/h5-6H,3-4,7-8H2,1-2H3,(H,15,16)(H,17,18). The maximum atomic E-state index is 11.8. The van der Waals surface area contributed by atoms with Crippen molar-refractivity contribution in [3.05, 3.63) is 20.8 Å². The third-order valence-electron chi connectivity index (χ3n) is 3.39. The van der Waals surface area contributed by atoms with Crippen molar-refractivity contribution in [3.8, 4) is 0 Å². The summed E-state index contributed by atoms with van der Waals surface area (Å²) in [5.74, 6) is -0.987. The number of carbonyl (C=O) groups excluding carboxylic acids is 1. The van der Waals surface area contributed by atoms with E-state index in [0.29, 0.717) is 19.3 Å². The highest BCUT2D eigenvalue weighted by atomic mass is 79.9. The third-order valence-corrected chi connectivity index (χ3v) is 5.02. The first-order valence-corrected chi connectivity index (χ1v) is 7.78. The van der Waals surface area contributed by atoms with Crippen LogP contribution in [0.1, 0.15) is 31.6 Å². The molecule has 0 saturated heterocycles. The first-order chi connectivity index (χ1) is 8.93. The van der Waals surface area contributed by atoms with Crippen molar-refractivity contribution in [2.24, 2.45) is 5.41 Å². The number of rotatable bonds is 7. The lowest BCUT2D eigenvalue weighted by atomic mass is 9.82. The Morgan fingerprint density at radius 2 is 2.00 bits per heavy atom. The third kappa shape index (κ3) is 4.31. The van der Waals surface area contributed by atoms with Gasteiger partial charge in [0.2, 0.25) is 5.91 Å². The molecule has 0 aromatic carbocycles. The number of carboxylic acid groups (broad SMARTS) is 1. The maximum Gasteiger partial charge on any atom is 0.311 e. The Morgan fingerprint density at radius 3 is 2.42 bits per heavy atom. The SMILES string of the molecule is CCC(CC)(CNC(=O)Cc1ccc(Br)s1)C(=O)O. The monoisotopic (exact) mass is 347 g/mol. The summed E-state index contributed by atoms with van der Waals surface area (Å²) in [6.07, 6.45) is 1.30. The fourth-order valence-electron chi connectivity index (χ4n) is 1.81. The van der Waals surface area contributed by atoms with Gasteiger partial charge in [-0.3, -0.25) is 9.59 Å². The highest BCUT2D eigenvalue weighted by molar-refractivity contribution is 9.11. The molecule has 0 saturated carbocycles. The van der Waals surface area contributed by atoms with Crippen LogP contribution in [0.15, 0.2) is 15.9 Å². The second kappa shape index (κ2) is 7.05. The predicted octanol–water partition coefficient (Wildman–Crippen LogP) is 3.06. The number of amides is 1. The second-order valence-corrected chi connectivity index (χ2v) is 7.00. The summed E-state index contributed by atoms with van der Waals surface area (Å²) in [5, 5.41) is 12.0. The van der Waals surface area contributed by atoms with Crippen molar-refractivity contribution >= 4 is 39.1 Å². The van der Waals surface area contributed by atoms with Gasteiger partial charge in [-0.05, 0) is 40.9 Å². The summed E-state index contributed by atoms with van der Waals surface area (Å²) in [5.41, 5.74) is -0.855. The van der Waals surface area contributed by atoms with Crippen molar-refractivity contribution in [3.63, 3.8) is 0 Å². The molecule has 2 N–H and O–H groups in total. The second-order valence-electron chi connectivity index (χ2n) is 4.45. The molecular weight excluding hydrogens is 330 g/mol. The van der Waals surface area contributed by atoms with E-state index in [1.165, 1.54) is 11.3 Å². The molecule has 6 heteroatoms. The van der Waals surface area contributed by atoms with Gasteiger partial charge in [-0.2, -0.15) is 0 Å². The molecule has 1 rings (SSSR count). The zero-order valence-corrected chi connectivity index (χ0v) is 13.4. The van der Waals surface area contributed by atoms with E-state index in [0.717, 1.165) is 8.66 Å². The Morgan fingerprint density at radius 1 is 1.37 bits per heavy atom. The molecular formula is C13H18BrNO3S. The Labute approximate surface area is 125 Å². The molecule has 0 fully saturated rings. The van der Waals surface area contributed by atoms with Gasteiger partial charge in [0.05, 0.1) is 15.6 Å². The fraction of sp³-hybridized carbons (Fsp3) is 0.538. The van der Waals surface area contributed by atoms with Crippen molar-refractivity contribution in [2.45, 2.75) is 33.1 Å². The quantitative estimate of drug-likeness (QED) is 0.796. The zero-order chi connectivity index (χ0) is 14.5. The molecule has 106 valence electrons. The van der Waals surface area contributed by atoms with Gasteiger partial charge >= 0.3 is 5.97 Å². The van der Waals surface area contributed by atoms with Crippen LogP contribution in [0.5, 0.6) is 0 Å². The van der Waals surface area contributed by atoms with E-state index in [1.807, 2.05) is 26.0 Å². The van der Waals surface area contributed by atoms with Crippen molar-refractivity contribution in [1.29, 1.82) is 0 Å². The molecule has 0 spiro atoms. The maximum absolute atomic E-state index is 11.8. The van der Waals surface area contributed by atoms with E-state index in [4.69, 9.17) is 0 Å². The van der Waals surface area contributed by atoms with Crippen molar-refractivity contribution < 1.29 is 14.7 Å². The van der Waals surface area contributed by atoms with E-state index < -0.39 is 11.4 Å². The van der Waals surface area contributed by atoms with Gasteiger partial charge in [0.25, 0.3) is 0 Å². The van der Waals surface area contributed by atoms with Crippen molar-refractivity contribution in [1.82, 2.24) is 5.32 Å². The lowest BCUT2D eigenvalue weighted by Gasteiger charge is -2.26. The molecule has 0 radical (unpaired) electrons. The topological polar surface area (TPSA) is 66.4 Å². The average Bonchev–Trinajstić information content (AvgIpc) is 2.76. The normalized spacial score (nSPS) is 11.3. The molecule has 0 aliphatic rings. The van der Waals surface area contributed by atoms with E-state index in [2.05, 4.69) is 21.2 Å². The van der Waals surface area contributed by atoms with Crippen molar-refractivity contribution in [2.75, 3.05) is 6.54 Å². The number of carbonyl (C=O) groups is 2. The van der Waals surface area contributed by atoms with E-state index in [1.54, 1.807) is 0 Å². The minimum absolute atomic E-state index is 0.137. The molecule has 1 aromatic rings.